The van der Waals surface area contributed by atoms with Gasteiger partial charge in [0.2, 0.25) is 17.7 Å². The summed E-state index contributed by atoms with van der Waals surface area (Å²) in [6.07, 6.45) is 0.581. The molecule has 0 bridgehead atoms. The van der Waals surface area contributed by atoms with E-state index in [0.717, 1.165) is 5.56 Å². The number of hydrogen-bond donors (Lipinski definition) is 5. The lowest BCUT2D eigenvalue weighted by Crippen LogP contribution is -2.56. The fourth-order valence-corrected chi connectivity index (χ4v) is 4.77. The Morgan fingerprint density at radius 1 is 1.05 bits per heavy atom. The molecule has 2 rings (SSSR count). The highest BCUT2D eigenvalue weighted by Crippen LogP contribution is 2.20. The number of hydrogen-bond acceptors (Lipinski definition) is 7. The fraction of sp³-hybridized carbons (Fsp3) is 0.625. The molecular formula is C32H50N4O7. The molecule has 1 fully saturated rings. The summed E-state index contributed by atoms with van der Waals surface area (Å²) in [5, 5.41) is 22.3. The van der Waals surface area contributed by atoms with E-state index in [4.69, 9.17) is 9.47 Å². The maximum absolute atomic E-state index is 13.4. The molecule has 6 atom stereocenters. The lowest BCUT2D eigenvalue weighted by Gasteiger charge is -2.30. The molecule has 11 heteroatoms. The predicted molar refractivity (Wildman–Crippen MR) is 164 cm³/mol. The van der Waals surface area contributed by atoms with E-state index in [1.165, 1.54) is 0 Å². The van der Waals surface area contributed by atoms with Crippen LogP contribution >= 0.6 is 0 Å². The van der Waals surface area contributed by atoms with Gasteiger partial charge in [-0.05, 0) is 51.5 Å². The fourth-order valence-electron chi connectivity index (χ4n) is 4.77. The zero-order valence-corrected chi connectivity index (χ0v) is 26.4. The molecule has 4 amide bonds. The molecule has 1 aliphatic rings. The van der Waals surface area contributed by atoms with Crippen molar-refractivity contribution in [2.24, 2.45) is 17.8 Å². The lowest BCUT2D eigenvalue weighted by atomic mass is 9.93. The van der Waals surface area contributed by atoms with Gasteiger partial charge in [0.25, 0.3) is 0 Å². The number of aliphatic hydroxyl groups is 1. The van der Waals surface area contributed by atoms with E-state index in [0.29, 0.717) is 26.2 Å². The summed E-state index contributed by atoms with van der Waals surface area (Å²) in [5.74, 6) is -2.26. The second kappa shape index (κ2) is 17.0. The summed E-state index contributed by atoms with van der Waals surface area (Å²) in [6.45, 7) is 15.4. The molecular weight excluding hydrogens is 552 g/mol. The van der Waals surface area contributed by atoms with E-state index >= 15 is 0 Å². The largest absolute Gasteiger partial charge is 0.444 e. The van der Waals surface area contributed by atoms with Crippen LogP contribution in [-0.4, -0.2) is 72.0 Å². The first-order valence-corrected chi connectivity index (χ1v) is 15.0. The van der Waals surface area contributed by atoms with Gasteiger partial charge in [0.05, 0.1) is 18.8 Å². The second-order valence-electron chi connectivity index (χ2n) is 12.5. The van der Waals surface area contributed by atoms with Gasteiger partial charge in [-0.25, -0.2) is 4.79 Å². The molecule has 11 nitrogen and oxygen atoms in total. The number of alkyl carbamates (subject to hydrolysis) is 1. The SMILES string of the molecule is C=CC[C@H](NC(=O)C(NC(=O)OC(C)(C)C)[C@@H]1CCOC1)[C@@H](O)C[C@@H](C)C(=O)N[C@H](C(=O)NCc1ccccc1)C(C)C. The number of carbonyl (C=O) groups excluding carboxylic acids is 4. The number of rotatable bonds is 15. The monoisotopic (exact) mass is 602 g/mol. The molecule has 1 aromatic rings. The Morgan fingerprint density at radius 2 is 1.72 bits per heavy atom. The summed E-state index contributed by atoms with van der Waals surface area (Å²) in [5.41, 5.74) is 0.202. The van der Waals surface area contributed by atoms with E-state index < -0.39 is 47.7 Å². The summed E-state index contributed by atoms with van der Waals surface area (Å²) >= 11 is 0. The highest BCUT2D eigenvalue weighted by atomic mass is 16.6. The molecule has 1 aromatic carbocycles. The van der Waals surface area contributed by atoms with Crippen LogP contribution in [0.5, 0.6) is 0 Å². The maximum Gasteiger partial charge on any atom is 0.408 e. The van der Waals surface area contributed by atoms with Crippen LogP contribution < -0.4 is 21.3 Å². The van der Waals surface area contributed by atoms with Crippen molar-refractivity contribution in [2.45, 2.75) is 97.2 Å². The molecule has 0 saturated carbocycles. The number of nitrogens with one attached hydrogen (secondary N) is 4. The normalized spacial score (nSPS) is 18.5. The maximum atomic E-state index is 13.4. The first-order chi connectivity index (χ1) is 20.2. The summed E-state index contributed by atoms with van der Waals surface area (Å²) in [7, 11) is 0. The van der Waals surface area contributed by atoms with Gasteiger partial charge in [-0.2, -0.15) is 0 Å². The first-order valence-electron chi connectivity index (χ1n) is 15.0. The van der Waals surface area contributed by atoms with Gasteiger partial charge in [0.1, 0.15) is 17.7 Å². The third-order valence-corrected chi connectivity index (χ3v) is 7.20. The Bertz CT molecular complexity index is 1070. The van der Waals surface area contributed by atoms with E-state index in [1.54, 1.807) is 33.8 Å². The standard InChI is InChI=1S/C32H50N4O7/c1-8-12-24(34-30(40)27(23-15-16-42-19-23)36-31(41)43-32(5,6)7)25(37)17-21(4)28(38)35-26(20(2)3)29(39)33-18-22-13-10-9-11-14-22/h8-11,13-14,20-21,23-27,37H,1,12,15-19H2,2-7H3,(H,33,39)(H,34,40)(H,35,38)(H,36,41)/t21-,23-,24+,25+,26+,27?/m1/s1. The van der Waals surface area contributed by atoms with E-state index in [1.807, 2.05) is 44.2 Å². The zero-order chi connectivity index (χ0) is 32.2. The molecule has 43 heavy (non-hydrogen) atoms. The molecule has 1 heterocycles. The van der Waals surface area contributed by atoms with Gasteiger partial charge >= 0.3 is 6.09 Å². The van der Waals surface area contributed by atoms with Crippen LogP contribution in [0.4, 0.5) is 4.79 Å². The van der Waals surface area contributed by atoms with Crippen LogP contribution in [0.15, 0.2) is 43.0 Å². The molecule has 1 aliphatic heterocycles. The number of aliphatic hydroxyl groups excluding tert-OH is 1. The van der Waals surface area contributed by atoms with Crippen LogP contribution in [0.2, 0.25) is 0 Å². The Labute approximate surface area is 255 Å². The van der Waals surface area contributed by atoms with Gasteiger partial charge in [0.15, 0.2) is 0 Å². The average molecular weight is 603 g/mol. The lowest BCUT2D eigenvalue weighted by molar-refractivity contribution is -0.132. The smallest absolute Gasteiger partial charge is 0.408 e. The molecule has 5 N–H and O–H groups in total. The van der Waals surface area contributed by atoms with Crippen molar-refractivity contribution in [3.63, 3.8) is 0 Å². The van der Waals surface area contributed by atoms with Crippen LogP contribution in [0.25, 0.3) is 0 Å². The Hall–Kier alpha value is -3.44. The van der Waals surface area contributed by atoms with Crippen LogP contribution in [0.1, 0.15) is 66.4 Å². The minimum Gasteiger partial charge on any atom is -0.444 e. The molecule has 0 spiro atoms. The quantitative estimate of drug-likeness (QED) is 0.193. The van der Waals surface area contributed by atoms with Gasteiger partial charge < -0.3 is 35.8 Å². The second-order valence-corrected chi connectivity index (χ2v) is 12.5. The van der Waals surface area contributed by atoms with Gasteiger partial charge in [-0.3, -0.25) is 14.4 Å². The minimum absolute atomic E-state index is 0.0256. The summed E-state index contributed by atoms with van der Waals surface area (Å²) in [6, 6.07) is 7.03. The third-order valence-electron chi connectivity index (χ3n) is 7.20. The van der Waals surface area contributed by atoms with Gasteiger partial charge in [-0.1, -0.05) is 57.2 Å². The summed E-state index contributed by atoms with van der Waals surface area (Å²) in [4.78, 5) is 51.9. The van der Waals surface area contributed by atoms with Gasteiger partial charge in [-0.15, -0.1) is 6.58 Å². The number of benzene rings is 1. The zero-order valence-electron chi connectivity index (χ0n) is 26.4. The Balaban J connectivity index is 2.02. The molecule has 1 unspecified atom stereocenters. The van der Waals surface area contributed by atoms with Crippen molar-refractivity contribution in [2.75, 3.05) is 13.2 Å². The minimum atomic E-state index is -1.10. The Morgan fingerprint density at radius 3 is 2.28 bits per heavy atom. The van der Waals surface area contributed by atoms with Crippen molar-refractivity contribution < 1.29 is 33.8 Å². The van der Waals surface area contributed by atoms with Crippen LogP contribution in [0, 0.1) is 17.8 Å². The predicted octanol–water partition coefficient (Wildman–Crippen LogP) is 2.82. The third kappa shape index (κ3) is 12.4. The number of amides is 4. The molecule has 240 valence electrons. The highest BCUT2D eigenvalue weighted by molar-refractivity contribution is 5.88. The van der Waals surface area contributed by atoms with Crippen molar-refractivity contribution in [1.29, 1.82) is 0 Å². The van der Waals surface area contributed by atoms with E-state index in [2.05, 4.69) is 27.8 Å². The Kier molecular flexibility index (Phi) is 14.1. The van der Waals surface area contributed by atoms with Crippen molar-refractivity contribution in [3.8, 4) is 0 Å². The van der Waals surface area contributed by atoms with Crippen LogP contribution in [0.3, 0.4) is 0 Å². The van der Waals surface area contributed by atoms with Crippen LogP contribution in [-0.2, 0) is 30.4 Å². The molecule has 1 saturated heterocycles. The van der Waals surface area contributed by atoms with E-state index in [9.17, 15) is 24.3 Å². The van der Waals surface area contributed by atoms with E-state index in [-0.39, 0.29) is 36.5 Å². The van der Waals surface area contributed by atoms with Crippen molar-refractivity contribution in [3.05, 3.63) is 48.6 Å². The molecule has 0 aromatic heterocycles. The number of ether oxygens (including phenoxy) is 2. The van der Waals surface area contributed by atoms with Crippen molar-refractivity contribution >= 4 is 23.8 Å². The number of carbonyl (C=O) groups is 4. The molecule has 0 aliphatic carbocycles. The summed E-state index contributed by atoms with van der Waals surface area (Å²) < 4.78 is 10.8. The first kappa shape index (κ1) is 35.8. The highest BCUT2D eigenvalue weighted by Gasteiger charge is 2.36. The van der Waals surface area contributed by atoms with Gasteiger partial charge in [0, 0.05) is 25.0 Å². The molecule has 0 radical (unpaired) electrons. The topological polar surface area (TPSA) is 155 Å². The van der Waals surface area contributed by atoms with Crippen molar-refractivity contribution in [1.82, 2.24) is 21.3 Å². The average Bonchev–Trinajstić information content (AvgIpc) is 3.47.